The Morgan fingerprint density at radius 2 is 2.04 bits per heavy atom. The van der Waals surface area contributed by atoms with Crippen molar-refractivity contribution in [2.75, 3.05) is 6.54 Å². The van der Waals surface area contributed by atoms with Crippen molar-refractivity contribution in [3.8, 4) is 0 Å². The molecule has 4 heteroatoms. The number of amides is 1. The molecule has 1 unspecified atom stereocenters. The molecule has 1 heterocycles. The average molecular weight is 336 g/mol. The van der Waals surface area contributed by atoms with Crippen LogP contribution in [0, 0.1) is 0 Å². The van der Waals surface area contributed by atoms with Gasteiger partial charge in [0, 0.05) is 11.6 Å². The van der Waals surface area contributed by atoms with E-state index in [-0.39, 0.29) is 12.2 Å². The highest BCUT2D eigenvalue weighted by atomic mass is 35.5. The zero-order valence-corrected chi connectivity index (χ0v) is 15.0. The Morgan fingerprint density at radius 3 is 2.61 bits per heavy atom. The van der Waals surface area contributed by atoms with E-state index in [1.807, 2.05) is 57.2 Å². The summed E-state index contributed by atoms with van der Waals surface area (Å²) in [6.07, 6.45) is 5.29. The van der Waals surface area contributed by atoms with Crippen LogP contribution in [-0.2, 0) is 11.3 Å². The number of hydrogen-bond acceptors (Lipinski definition) is 2. The summed E-state index contributed by atoms with van der Waals surface area (Å²) in [6.45, 7) is 10.9. The number of cyclic esters (lactones) is 1. The Hall–Kier alpha value is -1.74. The lowest BCUT2D eigenvalue weighted by molar-refractivity contribution is 0.141. The summed E-state index contributed by atoms with van der Waals surface area (Å²) in [5, 5.41) is 0.696. The van der Waals surface area contributed by atoms with E-state index in [4.69, 9.17) is 16.3 Å². The molecule has 126 valence electrons. The summed E-state index contributed by atoms with van der Waals surface area (Å²) in [5.41, 5.74) is 2.20. The number of hydrogen-bond donors (Lipinski definition) is 0. The molecule has 0 N–H and O–H groups in total. The smallest absolute Gasteiger partial charge is 0.410 e. The molecule has 0 saturated carbocycles. The van der Waals surface area contributed by atoms with Gasteiger partial charge >= 0.3 is 6.09 Å². The first-order valence-corrected chi connectivity index (χ1v) is 8.47. The summed E-state index contributed by atoms with van der Waals surface area (Å²) >= 11 is 5.87. The number of rotatable bonds is 6. The molecule has 1 atom stereocenters. The third kappa shape index (κ3) is 5.76. The van der Waals surface area contributed by atoms with Crippen molar-refractivity contribution in [2.45, 2.75) is 46.3 Å². The summed E-state index contributed by atoms with van der Waals surface area (Å²) in [6, 6.07) is 7.52. The molecule has 1 aromatic rings. The van der Waals surface area contributed by atoms with Crippen LogP contribution in [0.2, 0.25) is 5.02 Å². The van der Waals surface area contributed by atoms with Crippen molar-refractivity contribution in [3.63, 3.8) is 0 Å². The fourth-order valence-corrected chi connectivity index (χ4v) is 2.53. The minimum atomic E-state index is -0.257. The second-order valence-electron chi connectivity index (χ2n) is 5.07. The van der Waals surface area contributed by atoms with E-state index >= 15 is 0 Å². The second kappa shape index (κ2) is 10.1. The minimum Gasteiger partial charge on any atom is -0.440 e. The van der Waals surface area contributed by atoms with Crippen molar-refractivity contribution >= 4 is 17.7 Å². The van der Waals surface area contributed by atoms with E-state index < -0.39 is 0 Å². The molecule has 0 aliphatic carbocycles. The molecule has 1 amide bonds. The third-order valence-corrected chi connectivity index (χ3v) is 3.85. The van der Waals surface area contributed by atoms with Crippen LogP contribution < -0.4 is 0 Å². The summed E-state index contributed by atoms with van der Waals surface area (Å²) < 4.78 is 5.48. The van der Waals surface area contributed by atoms with Crippen LogP contribution in [0.1, 0.15) is 39.2 Å². The van der Waals surface area contributed by atoms with E-state index in [1.165, 1.54) is 0 Å². The highest BCUT2D eigenvalue weighted by Crippen LogP contribution is 2.23. The van der Waals surface area contributed by atoms with Gasteiger partial charge in [0.25, 0.3) is 0 Å². The van der Waals surface area contributed by atoms with Gasteiger partial charge in [-0.3, -0.25) is 4.90 Å². The van der Waals surface area contributed by atoms with Gasteiger partial charge in [0.2, 0.25) is 0 Å². The summed E-state index contributed by atoms with van der Waals surface area (Å²) in [7, 11) is 0. The maximum atomic E-state index is 12.0. The topological polar surface area (TPSA) is 29.5 Å². The lowest BCUT2D eigenvalue weighted by atomic mass is 10.0. The van der Waals surface area contributed by atoms with Crippen molar-refractivity contribution in [1.29, 1.82) is 0 Å². The number of ether oxygens (including phenoxy) is 1. The minimum absolute atomic E-state index is 0.144. The van der Waals surface area contributed by atoms with E-state index in [1.54, 1.807) is 4.90 Å². The summed E-state index contributed by atoms with van der Waals surface area (Å²) in [4.78, 5) is 13.7. The molecule has 1 fully saturated rings. The van der Waals surface area contributed by atoms with Crippen molar-refractivity contribution in [1.82, 2.24) is 4.90 Å². The van der Waals surface area contributed by atoms with E-state index in [0.717, 1.165) is 24.0 Å². The van der Waals surface area contributed by atoms with Crippen LogP contribution in [0.4, 0.5) is 4.79 Å². The van der Waals surface area contributed by atoms with Crippen LogP contribution >= 0.6 is 11.6 Å². The highest BCUT2D eigenvalue weighted by Gasteiger charge is 2.32. The van der Waals surface area contributed by atoms with Crippen molar-refractivity contribution < 1.29 is 9.53 Å². The fraction of sp³-hybridized carbons (Fsp3) is 0.421. The molecule has 0 spiro atoms. The quantitative estimate of drug-likeness (QED) is 0.633. The van der Waals surface area contributed by atoms with Gasteiger partial charge in [-0.2, -0.15) is 0 Å². The Bertz CT molecular complexity index is 537. The maximum absolute atomic E-state index is 12.0. The van der Waals surface area contributed by atoms with Gasteiger partial charge < -0.3 is 4.74 Å². The zero-order chi connectivity index (χ0) is 17.2. The Labute approximate surface area is 144 Å². The van der Waals surface area contributed by atoms with Gasteiger partial charge in [0.15, 0.2) is 0 Å². The molecule has 1 saturated heterocycles. The molecular formula is C19H26ClNO2. The molecule has 3 nitrogen and oxygen atoms in total. The lowest BCUT2D eigenvalue weighted by Gasteiger charge is -2.14. The van der Waals surface area contributed by atoms with Gasteiger partial charge in [0.05, 0.1) is 6.54 Å². The molecule has 1 aliphatic heterocycles. The van der Waals surface area contributed by atoms with E-state index in [0.29, 0.717) is 18.1 Å². The number of carbonyl (C=O) groups excluding carboxylic acids is 1. The van der Waals surface area contributed by atoms with E-state index in [9.17, 15) is 4.79 Å². The molecule has 0 aromatic heterocycles. The lowest BCUT2D eigenvalue weighted by Crippen LogP contribution is -2.25. The number of allylic oxidation sites excluding steroid dienone is 2. The molecule has 0 bridgehead atoms. The number of benzene rings is 1. The van der Waals surface area contributed by atoms with Gasteiger partial charge in [0.1, 0.15) is 6.10 Å². The van der Waals surface area contributed by atoms with Crippen LogP contribution in [0.5, 0.6) is 0 Å². The van der Waals surface area contributed by atoms with Gasteiger partial charge in [-0.05, 0) is 43.0 Å². The largest absolute Gasteiger partial charge is 0.440 e. The Morgan fingerprint density at radius 1 is 1.39 bits per heavy atom. The average Bonchev–Trinajstić information content (AvgIpc) is 2.93. The predicted molar refractivity (Wildman–Crippen MR) is 96.7 cm³/mol. The third-order valence-electron chi connectivity index (χ3n) is 3.60. The van der Waals surface area contributed by atoms with Gasteiger partial charge in [-0.1, -0.05) is 49.7 Å². The Kier molecular flexibility index (Phi) is 8.49. The number of nitrogens with zero attached hydrogens (tertiary/aromatic N) is 1. The standard InChI is InChI=1S/C17H20ClNO2.C2H6/c1-3-5-6-14(4-2)16-12-19(17(20)21-16)11-13-7-9-15(18)10-8-13;1-2/h3-4,7-10,16H,1,5-6,11-12H2,2H3;1-2H3/b14-4+;. The van der Waals surface area contributed by atoms with Gasteiger partial charge in [-0.15, -0.1) is 6.58 Å². The normalized spacial score (nSPS) is 17.4. The molecule has 1 aromatic carbocycles. The SMILES string of the molecule is C=CCC/C(=C\C)C1CN(Cc2ccc(Cl)cc2)C(=O)O1.CC. The van der Waals surface area contributed by atoms with Crippen molar-refractivity contribution in [3.05, 3.63) is 59.2 Å². The molecule has 0 radical (unpaired) electrons. The fourth-order valence-electron chi connectivity index (χ4n) is 2.40. The first-order valence-electron chi connectivity index (χ1n) is 8.10. The molecule has 23 heavy (non-hydrogen) atoms. The van der Waals surface area contributed by atoms with Crippen LogP contribution in [0.15, 0.2) is 48.6 Å². The van der Waals surface area contributed by atoms with Crippen LogP contribution in [-0.4, -0.2) is 23.6 Å². The van der Waals surface area contributed by atoms with E-state index in [2.05, 4.69) is 6.58 Å². The number of carbonyl (C=O) groups is 1. The van der Waals surface area contributed by atoms with Crippen LogP contribution in [0.25, 0.3) is 0 Å². The molecule has 2 rings (SSSR count). The Balaban J connectivity index is 0.00000127. The maximum Gasteiger partial charge on any atom is 0.410 e. The predicted octanol–water partition coefficient (Wildman–Crippen LogP) is 5.60. The number of halogens is 1. The highest BCUT2D eigenvalue weighted by molar-refractivity contribution is 6.30. The molecular weight excluding hydrogens is 310 g/mol. The van der Waals surface area contributed by atoms with Gasteiger partial charge in [-0.25, -0.2) is 4.79 Å². The first-order chi connectivity index (χ1) is 11.1. The van der Waals surface area contributed by atoms with Crippen molar-refractivity contribution in [2.24, 2.45) is 0 Å². The van der Waals surface area contributed by atoms with Crippen LogP contribution in [0.3, 0.4) is 0 Å². The second-order valence-corrected chi connectivity index (χ2v) is 5.51. The first kappa shape index (κ1) is 19.3. The molecule has 1 aliphatic rings. The summed E-state index contributed by atoms with van der Waals surface area (Å²) in [5.74, 6) is 0. The zero-order valence-electron chi connectivity index (χ0n) is 14.2. The monoisotopic (exact) mass is 335 g/mol.